The van der Waals surface area contributed by atoms with E-state index < -0.39 is 0 Å². The van der Waals surface area contributed by atoms with E-state index in [9.17, 15) is 0 Å². The molecule has 0 saturated carbocycles. The molecule has 0 nitrogen and oxygen atoms in total. The molecule has 2 rings (SSSR count). The normalized spacial score (nSPS) is 10.3. The molecule has 0 aliphatic heterocycles. The third-order valence-electron chi connectivity index (χ3n) is 2.34. The Morgan fingerprint density at radius 1 is 0.733 bits per heavy atom. The highest BCUT2D eigenvalue weighted by molar-refractivity contribution is 7.80. The van der Waals surface area contributed by atoms with Crippen LogP contribution >= 0.6 is 25.3 Å². The zero-order chi connectivity index (χ0) is 10.7. The molecule has 0 bridgehead atoms. The van der Waals surface area contributed by atoms with Gasteiger partial charge in [0.15, 0.2) is 0 Å². The van der Waals surface area contributed by atoms with Gasteiger partial charge in [-0.1, -0.05) is 36.4 Å². The second-order valence-electron chi connectivity index (χ2n) is 3.40. The third kappa shape index (κ3) is 2.58. The molecule has 0 spiro atoms. The summed E-state index contributed by atoms with van der Waals surface area (Å²) in [6.07, 6.45) is 0. The van der Waals surface area contributed by atoms with Crippen molar-refractivity contribution in [2.24, 2.45) is 0 Å². The average Bonchev–Trinajstić information content (AvgIpc) is 2.30. The van der Waals surface area contributed by atoms with E-state index in [0.29, 0.717) is 0 Å². The zero-order valence-electron chi connectivity index (χ0n) is 8.22. The smallest absolute Gasteiger partial charge is 0.0154 e. The van der Waals surface area contributed by atoms with Crippen molar-refractivity contribution in [1.82, 2.24) is 0 Å². The molecule has 0 unspecified atom stereocenters. The number of rotatable bonds is 2. The van der Waals surface area contributed by atoms with Gasteiger partial charge in [-0.2, -0.15) is 12.6 Å². The molecule has 2 heteroatoms. The molecule has 0 fully saturated rings. The lowest BCUT2D eigenvalue weighted by molar-refractivity contribution is 1.42. The molecule has 0 aliphatic rings. The molecule has 0 atom stereocenters. The molecule has 2 aromatic rings. The molecule has 76 valence electrons. The summed E-state index contributed by atoms with van der Waals surface area (Å²) < 4.78 is 0. The van der Waals surface area contributed by atoms with Crippen LogP contribution < -0.4 is 0 Å². The van der Waals surface area contributed by atoms with Crippen molar-refractivity contribution in [1.29, 1.82) is 0 Å². The quantitative estimate of drug-likeness (QED) is 0.716. The van der Waals surface area contributed by atoms with Gasteiger partial charge in [0.2, 0.25) is 0 Å². The lowest BCUT2D eigenvalue weighted by Gasteiger charge is -2.03. The van der Waals surface area contributed by atoms with Crippen LogP contribution in [0.5, 0.6) is 0 Å². The fourth-order valence-corrected chi connectivity index (χ4v) is 1.82. The van der Waals surface area contributed by atoms with Crippen LogP contribution in [0.25, 0.3) is 11.1 Å². The van der Waals surface area contributed by atoms with Crippen LogP contribution in [0.4, 0.5) is 0 Å². The molecule has 0 radical (unpaired) electrons. The molecular formula is C13H12S2. The van der Waals surface area contributed by atoms with E-state index in [-0.39, 0.29) is 0 Å². The molecule has 0 aromatic heterocycles. The molecule has 0 N–H and O–H groups in total. The average molecular weight is 232 g/mol. The Kier molecular flexibility index (Phi) is 3.39. The van der Waals surface area contributed by atoms with E-state index in [1.54, 1.807) is 0 Å². The number of hydrogen-bond donors (Lipinski definition) is 2. The first-order chi connectivity index (χ1) is 7.29. The Hall–Kier alpha value is -0.860. The van der Waals surface area contributed by atoms with Crippen molar-refractivity contribution < 1.29 is 0 Å². The van der Waals surface area contributed by atoms with Crippen molar-refractivity contribution in [3.8, 4) is 11.1 Å². The fraction of sp³-hybridized carbons (Fsp3) is 0.0769. The molecule has 0 aliphatic carbocycles. The first-order valence-electron chi connectivity index (χ1n) is 4.79. The highest BCUT2D eigenvalue weighted by Gasteiger charge is 1.96. The Bertz CT molecular complexity index is 429. The van der Waals surface area contributed by atoms with Crippen LogP contribution in [0, 0.1) is 0 Å². The summed E-state index contributed by atoms with van der Waals surface area (Å²) >= 11 is 8.50. The first-order valence-corrected chi connectivity index (χ1v) is 5.87. The topological polar surface area (TPSA) is 0 Å². The van der Waals surface area contributed by atoms with Crippen molar-refractivity contribution >= 4 is 25.3 Å². The maximum Gasteiger partial charge on any atom is 0.0154 e. The standard InChI is InChI=1S/C13H12S2/c14-9-10-1-3-11(4-2-10)12-5-7-13(15)8-6-12/h1-8,14-15H,9H2. The summed E-state index contributed by atoms with van der Waals surface area (Å²) in [5.74, 6) is 0.788. The van der Waals surface area contributed by atoms with Gasteiger partial charge in [0.1, 0.15) is 0 Å². The summed E-state index contributed by atoms with van der Waals surface area (Å²) in [4.78, 5) is 0.991. The summed E-state index contributed by atoms with van der Waals surface area (Å²) in [5, 5.41) is 0. The SMILES string of the molecule is SCc1ccc(-c2ccc(S)cc2)cc1. The van der Waals surface area contributed by atoms with Gasteiger partial charge in [-0.05, 0) is 28.8 Å². The minimum atomic E-state index is 0.788. The summed E-state index contributed by atoms with van der Waals surface area (Å²) in [5.41, 5.74) is 3.69. The highest BCUT2D eigenvalue weighted by Crippen LogP contribution is 2.21. The predicted molar refractivity (Wildman–Crippen MR) is 71.8 cm³/mol. The van der Waals surface area contributed by atoms with Crippen LogP contribution in [0.15, 0.2) is 53.4 Å². The minimum absolute atomic E-state index is 0.788. The van der Waals surface area contributed by atoms with E-state index in [2.05, 4.69) is 61.7 Å². The first kappa shape index (κ1) is 10.7. The molecule has 2 aromatic carbocycles. The van der Waals surface area contributed by atoms with Crippen LogP contribution in [0.3, 0.4) is 0 Å². The Morgan fingerprint density at radius 3 is 1.67 bits per heavy atom. The van der Waals surface area contributed by atoms with E-state index in [1.165, 1.54) is 16.7 Å². The second-order valence-corrected chi connectivity index (χ2v) is 4.23. The zero-order valence-corrected chi connectivity index (χ0v) is 10.0. The summed E-state index contributed by atoms with van der Waals surface area (Å²) in [6, 6.07) is 16.6. The van der Waals surface area contributed by atoms with Crippen LogP contribution in [0.1, 0.15) is 5.56 Å². The predicted octanol–water partition coefficient (Wildman–Crippen LogP) is 4.07. The van der Waals surface area contributed by atoms with Crippen molar-refractivity contribution in [2.75, 3.05) is 0 Å². The number of benzene rings is 2. The number of hydrogen-bond acceptors (Lipinski definition) is 2. The Morgan fingerprint density at radius 2 is 1.20 bits per heavy atom. The van der Waals surface area contributed by atoms with E-state index in [1.807, 2.05) is 12.1 Å². The van der Waals surface area contributed by atoms with Crippen LogP contribution in [0.2, 0.25) is 0 Å². The van der Waals surface area contributed by atoms with Crippen molar-refractivity contribution in [3.05, 3.63) is 54.1 Å². The van der Waals surface area contributed by atoms with Crippen molar-refractivity contribution in [2.45, 2.75) is 10.6 Å². The second kappa shape index (κ2) is 4.77. The van der Waals surface area contributed by atoms with E-state index in [4.69, 9.17) is 0 Å². The Balaban J connectivity index is 2.33. The van der Waals surface area contributed by atoms with Gasteiger partial charge < -0.3 is 0 Å². The summed E-state index contributed by atoms with van der Waals surface area (Å²) in [6.45, 7) is 0. The van der Waals surface area contributed by atoms with Crippen LogP contribution in [-0.4, -0.2) is 0 Å². The van der Waals surface area contributed by atoms with Crippen LogP contribution in [-0.2, 0) is 5.75 Å². The maximum atomic E-state index is 4.27. The fourth-order valence-electron chi connectivity index (χ4n) is 1.46. The van der Waals surface area contributed by atoms with Gasteiger partial charge in [0.25, 0.3) is 0 Å². The van der Waals surface area contributed by atoms with E-state index >= 15 is 0 Å². The van der Waals surface area contributed by atoms with Gasteiger partial charge in [0, 0.05) is 10.6 Å². The lowest BCUT2D eigenvalue weighted by Crippen LogP contribution is -1.80. The largest absolute Gasteiger partial charge is 0.175 e. The monoisotopic (exact) mass is 232 g/mol. The number of thiol groups is 2. The summed E-state index contributed by atoms with van der Waals surface area (Å²) in [7, 11) is 0. The molecular weight excluding hydrogens is 220 g/mol. The van der Waals surface area contributed by atoms with Crippen molar-refractivity contribution in [3.63, 3.8) is 0 Å². The van der Waals surface area contributed by atoms with E-state index in [0.717, 1.165) is 10.6 Å². The van der Waals surface area contributed by atoms with Gasteiger partial charge in [-0.3, -0.25) is 0 Å². The van der Waals surface area contributed by atoms with Gasteiger partial charge in [0.05, 0.1) is 0 Å². The lowest BCUT2D eigenvalue weighted by atomic mass is 10.0. The highest BCUT2D eigenvalue weighted by atomic mass is 32.1. The molecule has 0 heterocycles. The van der Waals surface area contributed by atoms with Gasteiger partial charge >= 0.3 is 0 Å². The third-order valence-corrected chi connectivity index (χ3v) is 3.00. The minimum Gasteiger partial charge on any atom is -0.175 e. The van der Waals surface area contributed by atoms with Gasteiger partial charge in [-0.25, -0.2) is 0 Å². The molecule has 0 saturated heterocycles. The molecule has 15 heavy (non-hydrogen) atoms. The Labute approximate surface area is 101 Å². The maximum absolute atomic E-state index is 4.27. The van der Waals surface area contributed by atoms with Gasteiger partial charge in [-0.15, -0.1) is 12.6 Å². The molecule has 0 amide bonds.